The van der Waals surface area contributed by atoms with Gasteiger partial charge in [0.05, 0.1) is 0 Å². The Kier molecular flexibility index (Phi) is 5.41. The van der Waals surface area contributed by atoms with Gasteiger partial charge in [0.25, 0.3) is 5.56 Å². The van der Waals surface area contributed by atoms with Gasteiger partial charge in [-0.15, -0.1) is 0 Å². The van der Waals surface area contributed by atoms with E-state index in [1.807, 2.05) is 0 Å². The molecule has 0 bridgehead atoms. The smallest absolute Gasteiger partial charge is 0.329 e. The first-order valence-corrected chi connectivity index (χ1v) is 8.24. The zero-order chi connectivity index (χ0) is 18.1. The highest BCUT2D eigenvalue weighted by molar-refractivity contribution is 6.35. The predicted octanol–water partition coefficient (Wildman–Crippen LogP) is 4.72. The molecule has 0 aliphatic heterocycles. The summed E-state index contributed by atoms with van der Waals surface area (Å²) in [6.45, 7) is 6.97. The summed E-state index contributed by atoms with van der Waals surface area (Å²) < 4.78 is 6.65. The SMILES string of the molecule is C[C@H](C(=O)OC(C)(C)C)n1ccc(-c2cc(Cl)ccc2Cl)cc1=O. The minimum absolute atomic E-state index is 0.318. The Morgan fingerprint density at radius 3 is 2.42 bits per heavy atom. The number of aromatic nitrogens is 1. The van der Waals surface area contributed by atoms with E-state index in [9.17, 15) is 9.59 Å². The Morgan fingerprint density at radius 2 is 1.83 bits per heavy atom. The van der Waals surface area contributed by atoms with Crippen LogP contribution in [0.4, 0.5) is 0 Å². The van der Waals surface area contributed by atoms with Crippen LogP contribution in [-0.2, 0) is 9.53 Å². The molecule has 0 saturated heterocycles. The highest BCUT2D eigenvalue weighted by Gasteiger charge is 2.23. The van der Waals surface area contributed by atoms with E-state index in [1.54, 1.807) is 58.2 Å². The number of pyridine rings is 1. The second kappa shape index (κ2) is 6.99. The minimum atomic E-state index is -0.722. The van der Waals surface area contributed by atoms with Crippen LogP contribution in [0, 0.1) is 0 Å². The van der Waals surface area contributed by atoms with Gasteiger partial charge in [-0.1, -0.05) is 23.2 Å². The first kappa shape index (κ1) is 18.6. The van der Waals surface area contributed by atoms with E-state index in [0.717, 1.165) is 0 Å². The molecule has 4 nitrogen and oxygen atoms in total. The number of nitrogens with zero attached hydrogens (tertiary/aromatic N) is 1. The number of carbonyl (C=O) groups excluding carboxylic acids is 1. The lowest BCUT2D eigenvalue weighted by Gasteiger charge is -2.23. The highest BCUT2D eigenvalue weighted by atomic mass is 35.5. The van der Waals surface area contributed by atoms with E-state index >= 15 is 0 Å². The fourth-order valence-corrected chi connectivity index (χ4v) is 2.60. The van der Waals surface area contributed by atoms with Crippen LogP contribution in [0.2, 0.25) is 10.0 Å². The topological polar surface area (TPSA) is 48.3 Å². The molecule has 1 atom stereocenters. The third-order valence-electron chi connectivity index (χ3n) is 3.35. The van der Waals surface area contributed by atoms with Crippen molar-refractivity contribution in [2.75, 3.05) is 0 Å². The van der Waals surface area contributed by atoms with Crippen LogP contribution in [-0.4, -0.2) is 16.1 Å². The molecule has 128 valence electrons. The van der Waals surface area contributed by atoms with Crippen molar-refractivity contribution in [3.8, 4) is 11.1 Å². The van der Waals surface area contributed by atoms with Gasteiger partial charge in [-0.05, 0) is 57.5 Å². The van der Waals surface area contributed by atoms with Gasteiger partial charge in [0.15, 0.2) is 0 Å². The average Bonchev–Trinajstić information content (AvgIpc) is 2.47. The van der Waals surface area contributed by atoms with Crippen molar-refractivity contribution in [2.45, 2.75) is 39.3 Å². The van der Waals surface area contributed by atoms with Gasteiger partial charge in [0.1, 0.15) is 11.6 Å². The van der Waals surface area contributed by atoms with Crippen LogP contribution in [0.15, 0.2) is 41.3 Å². The zero-order valence-electron chi connectivity index (χ0n) is 14.0. The lowest BCUT2D eigenvalue weighted by Crippen LogP contribution is -2.33. The molecule has 6 heteroatoms. The number of benzene rings is 1. The molecule has 24 heavy (non-hydrogen) atoms. The lowest BCUT2D eigenvalue weighted by atomic mass is 10.1. The standard InChI is InChI=1S/C18H19Cl2NO3/c1-11(17(23)24-18(2,3)4)21-8-7-12(9-16(21)22)14-10-13(19)5-6-15(14)20/h5-11H,1-4H3/t11-/m1/s1. The Morgan fingerprint density at radius 1 is 1.17 bits per heavy atom. The van der Waals surface area contributed by atoms with Crippen LogP contribution < -0.4 is 5.56 Å². The summed E-state index contributed by atoms with van der Waals surface area (Å²) >= 11 is 12.2. The van der Waals surface area contributed by atoms with E-state index in [0.29, 0.717) is 21.2 Å². The van der Waals surface area contributed by atoms with Crippen molar-refractivity contribution in [3.05, 3.63) is 56.9 Å². The first-order valence-electron chi connectivity index (χ1n) is 7.49. The van der Waals surface area contributed by atoms with Crippen LogP contribution >= 0.6 is 23.2 Å². The summed E-state index contributed by atoms with van der Waals surface area (Å²) in [5.74, 6) is -0.460. The number of hydrogen-bond donors (Lipinski definition) is 0. The Bertz CT molecular complexity index is 822. The molecular weight excluding hydrogens is 349 g/mol. The van der Waals surface area contributed by atoms with Gasteiger partial charge < -0.3 is 9.30 Å². The van der Waals surface area contributed by atoms with Crippen molar-refractivity contribution >= 4 is 29.2 Å². The number of carbonyl (C=O) groups is 1. The molecule has 1 aromatic carbocycles. The van der Waals surface area contributed by atoms with Crippen LogP contribution in [0.3, 0.4) is 0 Å². The van der Waals surface area contributed by atoms with Crippen molar-refractivity contribution in [1.29, 1.82) is 0 Å². The maximum absolute atomic E-state index is 12.4. The van der Waals surface area contributed by atoms with Crippen molar-refractivity contribution in [3.63, 3.8) is 0 Å². The fourth-order valence-electron chi connectivity index (χ4n) is 2.20. The largest absolute Gasteiger partial charge is 0.458 e. The molecule has 1 aromatic heterocycles. The van der Waals surface area contributed by atoms with Gasteiger partial charge in [-0.2, -0.15) is 0 Å². The zero-order valence-corrected chi connectivity index (χ0v) is 15.5. The molecule has 0 fully saturated rings. The van der Waals surface area contributed by atoms with Gasteiger partial charge in [-0.25, -0.2) is 4.79 Å². The minimum Gasteiger partial charge on any atom is -0.458 e. The van der Waals surface area contributed by atoms with Gasteiger partial charge in [-0.3, -0.25) is 4.79 Å². The number of halogens is 2. The number of rotatable bonds is 3. The van der Waals surface area contributed by atoms with E-state index in [-0.39, 0.29) is 5.56 Å². The monoisotopic (exact) mass is 367 g/mol. The molecular formula is C18H19Cl2NO3. The molecule has 0 aliphatic carbocycles. The van der Waals surface area contributed by atoms with E-state index < -0.39 is 17.6 Å². The predicted molar refractivity (Wildman–Crippen MR) is 96.7 cm³/mol. The molecule has 0 aliphatic rings. The number of esters is 1. The Balaban J connectivity index is 2.35. The number of ether oxygens (including phenoxy) is 1. The third-order valence-corrected chi connectivity index (χ3v) is 3.92. The molecule has 0 amide bonds. The summed E-state index contributed by atoms with van der Waals surface area (Å²) in [6.07, 6.45) is 1.56. The fraction of sp³-hybridized carbons (Fsp3) is 0.333. The second-order valence-electron chi connectivity index (χ2n) is 6.49. The summed E-state index contributed by atoms with van der Waals surface area (Å²) in [5.41, 5.74) is 0.379. The van der Waals surface area contributed by atoms with Crippen LogP contribution in [0.1, 0.15) is 33.7 Å². The molecule has 2 aromatic rings. The molecule has 0 unspecified atom stereocenters. The molecule has 0 radical (unpaired) electrons. The normalized spacial score (nSPS) is 12.8. The quantitative estimate of drug-likeness (QED) is 0.737. The summed E-state index contributed by atoms with van der Waals surface area (Å²) in [5, 5.41) is 1.03. The average molecular weight is 368 g/mol. The maximum Gasteiger partial charge on any atom is 0.329 e. The van der Waals surface area contributed by atoms with Crippen molar-refractivity contribution in [1.82, 2.24) is 4.57 Å². The Hall–Kier alpha value is -1.78. The van der Waals surface area contributed by atoms with Gasteiger partial charge in [0, 0.05) is 27.9 Å². The summed E-state index contributed by atoms with van der Waals surface area (Å²) in [4.78, 5) is 24.5. The summed E-state index contributed by atoms with van der Waals surface area (Å²) in [6, 6.07) is 7.48. The van der Waals surface area contributed by atoms with E-state index in [1.165, 1.54) is 10.6 Å². The first-order chi connectivity index (χ1) is 11.1. The second-order valence-corrected chi connectivity index (χ2v) is 7.34. The van der Waals surface area contributed by atoms with Crippen LogP contribution in [0.5, 0.6) is 0 Å². The molecule has 2 rings (SSSR count). The third kappa shape index (κ3) is 4.40. The molecule has 0 N–H and O–H groups in total. The number of hydrogen-bond acceptors (Lipinski definition) is 3. The Labute approximate surface area is 151 Å². The molecule has 0 spiro atoms. The van der Waals surface area contributed by atoms with Gasteiger partial charge in [0.2, 0.25) is 0 Å². The van der Waals surface area contributed by atoms with E-state index in [4.69, 9.17) is 27.9 Å². The van der Waals surface area contributed by atoms with E-state index in [2.05, 4.69) is 0 Å². The maximum atomic E-state index is 12.4. The van der Waals surface area contributed by atoms with Crippen LogP contribution in [0.25, 0.3) is 11.1 Å². The molecule has 0 saturated carbocycles. The lowest BCUT2D eigenvalue weighted by molar-refractivity contribution is -0.158. The van der Waals surface area contributed by atoms with Crippen molar-refractivity contribution < 1.29 is 9.53 Å². The summed E-state index contributed by atoms with van der Waals surface area (Å²) in [7, 11) is 0. The molecule has 1 heterocycles. The van der Waals surface area contributed by atoms with Gasteiger partial charge >= 0.3 is 5.97 Å². The van der Waals surface area contributed by atoms with Crippen molar-refractivity contribution in [2.24, 2.45) is 0 Å². The highest BCUT2D eigenvalue weighted by Crippen LogP contribution is 2.29.